The van der Waals surface area contributed by atoms with E-state index in [9.17, 15) is 9.59 Å². The number of rotatable bonds is 6. The van der Waals surface area contributed by atoms with Crippen molar-refractivity contribution in [2.24, 2.45) is 0 Å². The van der Waals surface area contributed by atoms with Crippen molar-refractivity contribution in [3.05, 3.63) is 70.7 Å². The number of amides is 1. The Balaban J connectivity index is 1.40. The number of piperazine rings is 1. The van der Waals surface area contributed by atoms with E-state index in [1.807, 2.05) is 49.1 Å². The molecule has 32 heavy (non-hydrogen) atoms. The Hall–Kier alpha value is -3.13. The van der Waals surface area contributed by atoms with Crippen LogP contribution in [0.15, 0.2) is 52.1 Å². The van der Waals surface area contributed by atoms with Crippen LogP contribution < -0.4 is 4.90 Å². The fraction of sp³-hybridized carbons (Fsp3) is 0.333. The van der Waals surface area contributed by atoms with Crippen molar-refractivity contribution in [1.29, 1.82) is 0 Å². The van der Waals surface area contributed by atoms with Crippen molar-refractivity contribution in [3.8, 4) is 0 Å². The predicted octanol–water partition coefficient (Wildman–Crippen LogP) is 4.14. The molecule has 0 unspecified atom stereocenters. The molecule has 0 spiro atoms. The second kappa shape index (κ2) is 9.56. The molecule has 0 bridgehead atoms. The van der Waals surface area contributed by atoms with E-state index in [0.717, 1.165) is 40.8 Å². The molecule has 2 aromatic heterocycles. The molecule has 1 aliphatic heterocycles. The highest BCUT2D eigenvalue weighted by molar-refractivity contribution is 7.98. The van der Waals surface area contributed by atoms with Gasteiger partial charge in [-0.1, -0.05) is 5.16 Å². The van der Waals surface area contributed by atoms with Crippen LogP contribution in [0.4, 0.5) is 5.69 Å². The number of aromatic nitrogens is 2. The molecule has 4 rings (SSSR count). The minimum Gasteiger partial charge on any atom is -0.368 e. The Morgan fingerprint density at radius 2 is 1.78 bits per heavy atom. The molecule has 1 amide bonds. The monoisotopic (exact) mass is 450 g/mol. The number of Topliss-reactive ketones (excluding diaryl/α,β-unsaturated/α-hetero) is 1. The summed E-state index contributed by atoms with van der Waals surface area (Å²) in [5.74, 6) is 1.52. The van der Waals surface area contributed by atoms with Crippen LogP contribution in [0, 0.1) is 13.8 Å². The third kappa shape index (κ3) is 4.70. The van der Waals surface area contributed by atoms with Crippen molar-refractivity contribution >= 4 is 29.1 Å². The van der Waals surface area contributed by atoms with Gasteiger partial charge >= 0.3 is 0 Å². The van der Waals surface area contributed by atoms with Gasteiger partial charge in [0.1, 0.15) is 10.8 Å². The maximum absolute atomic E-state index is 13.3. The number of pyridine rings is 1. The van der Waals surface area contributed by atoms with Gasteiger partial charge in [-0.3, -0.25) is 9.59 Å². The Kier molecular flexibility index (Phi) is 6.60. The van der Waals surface area contributed by atoms with Crippen LogP contribution in [0.5, 0.6) is 0 Å². The molecule has 0 aliphatic carbocycles. The largest absolute Gasteiger partial charge is 0.368 e. The Bertz CT molecular complexity index is 1100. The SMILES string of the molecule is CC(=O)c1ccc(N2CCN(C(=O)c3cccnc3SCc3c(C)noc3C)CC2)cc1. The fourth-order valence-electron chi connectivity index (χ4n) is 3.76. The molecule has 1 aliphatic rings. The van der Waals surface area contributed by atoms with E-state index in [-0.39, 0.29) is 11.7 Å². The van der Waals surface area contributed by atoms with Crippen molar-refractivity contribution in [2.75, 3.05) is 31.1 Å². The first-order valence-corrected chi connectivity index (χ1v) is 11.6. The average Bonchev–Trinajstić information content (AvgIpc) is 3.14. The van der Waals surface area contributed by atoms with Crippen LogP contribution in [0.3, 0.4) is 0 Å². The zero-order chi connectivity index (χ0) is 22.7. The highest BCUT2D eigenvalue weighted by Crippen LogP contribution is 2.28. The van der Waals surface area contributed by atoms with Crippen LogP contribution in [0.2, 0.25) is 0 Å². The van der Waals surface area contributed by atoms with E-state index in [2.05, 4.69) is 15.0 Å². The number of carbonyl (C=O) groups excluding carboxylic acids is 2. The van der Waals surface area contributed by atoms with E-state index in [0.29, 0.717) is 30.0 Å². The van der Waals surface area contributed by atoms with E-state index < -0.39 is 0 Å². The Morgan fingerprint density at radius 3 is 2.41 bits per heavy atom. The first-order valence-electron chi connectivity index (χ1n) is 10.6. The number of anilines is 1. The topological polar surface area (TPSA) is 79.5 Å². The van der Waals surface area contributed by atoms with Gasteiger partial charge in [-0.2, -0.15) is 0 Å². The van der Waals surface area contributed by atoms with Crippen LogP contribution in [-0.2, 0) is 5.75 Å². The standard InChI is InChI=1S/C24H26N4O3S/c1-16-22(18(3)31-26-16)15-32-23-21(5-4-10-25-23)24(30)28-13-11-27(12-14-28)20-8-6-19(7-9-20)17(2)29/h4-10H,11-15H2,1-3H3. The highest BCUT2D eigenvalue weighted by Gasteiger charge is 2.25. The summed E-state index contributed by atoms with van der Waals surface area (Å²) in [6.45, 7) is 8.14. The average molecular weight is 451 g/mol. The van der Waals surface area contributed by atoms with Crippen LogP contribution in [0.1, 0.15) is 44.7 Å². The number of nitrogens with zero attached hydrogens (tertiary/aromatic N) is 4. The van der Waals surface area contributed by atoms with Gasteiger partial charge in [0.2, 0.25) is 0 Å². The third-order valence-corrected chi connectivity index (χ3v) is 6.77. The normalized spacial score (nSPS) is 14.0. The fourth-order valence-corrected chi connectivity index (χ4v) is 4.90. The molecule has 1 fully saturated rings. The quantitative estimate of drug-likeness (QED) is 0.412. The van der Waals surface area contributed by atoms with Crippen LogP contribution >= 0.6 is 11.8 Å². The van der Waals surface area contributed by atoms with Crippen LogP contribution in [-0.4, -0.2) is 52.9 Å². The molecule has 0 atom stereocenters. The minimum absolute atomic E-state index is 0.00550. The molecule has 3 heterocycles. The van der Waals surface area contributed by atoms with Gasteiger partial charge < -0.3 is 14.3 Å². The Labute approximate surface area is 191 Å². The predicted molar refractivity (Wildman–Crippen MR) is 124 cm³/mol. The minimum atomic E-state index is 0.00550. The summed E-state index contributed by atoms with van der Waals surface area (Å²) in [6.07, 6.45) is 1.72. The second-order valence-corrected chi connectivity index (χ2v) is 8.79. The first kappa shape index (κ1) is 22.1. The molecular formula is C24H26N4O3S. The van der Waals surface area contributed by atoms with Gasteiger partial charge in [0.05, 0.1) is 11.3 Å². The van der Waals surface area contributed by atoms with E-state index in [1.165, 1.54) is 11.8 Å². The lowest BCUT2D eigenvalue weighted by atomic mass is 10.1. The first-order chi connectivity index (χ1) is 15.4. The maximum Gasteiger partial charge on any atom is 0.256 e. The van der Waals surface area contributed by atoms with Crippen LogP contribution in [0.25, 0.3) is 0 Å². The molecule has 0 N–H and O–H groups in total. The molecule has 8 heteroatoms. The van der Waals surface area contributed by atoms with Gasteiger partial charge in [-0.25, -0.2) is 4.98 Å². The Morgan fingerprint density at radius 1 is 1.06 bits per heavy atom. The van der Waals surface area contributed by atoms with E-state index in [1.54, 1.807) is 19.2 Å². The lowest BCUT2D eigenvalue weighted by molar-refractivity contribution is 0.0742. The molecular weight excluding hydrogens is 424 g/mol. The number of ketones is 1. The number of thioether (sulfide) groups is 1. The van der Waals surface area contributed by atoms with E-state index >= 15 is 0 Å². The summed E-state index contributed by atoms with van der Waals surface area (Å²) in [4.78, 5) is 33.3. The summed E-state index contributed by atoms with van der Waals surface area (Å²) < 4.78 is 5.24. The molecule has 0 radical (unpaired) electrons. The van der Waals surface area contributed by atoms with Crippen molar-refractivity contribution in [2.45, 2.75) is 31.6 Å². The summed E-state index contributed by atoms with van der Waals surface area (Å²) in [6, 6.07) is 11.3. The summed E-state index contributed by atoms with van der Waals surface area (Å²) in [5, 5.41) is 4.72. The van der Waals surface area contributed by atoms with E-state index in [4.69, 9.17) is 4.52 Å². The highest BCUT2D eigenvalue weighted by atomic mass is 32.2. The van der Waals surface area contributed by atoms with Crippen molar-refractivity contribution < 1.29 is 14.1 Å². The third-order valence-electron chi connectivity index (χ3n) is 5.74. The van der Waals surface area contributed by atoms with Gasteiger partial charge in [-0.15, -0.1) is 11.8 Å². The lowest BCUT2D eigenvalue weighted by Gasteiger charge is -2.36. The summed E-state index contributed by atoms with van der Waals surface area (Å²) in [7, 11) is 0. The number of aryl methyl sites for hydroxylation is 2. The summed E-state index contributed by atoms with van der Waals surface area (Å²) in [5.41, 5.74) is 4.32. The summed E-state index contributed by atoms with van der Waals surface area (Å²) >= 11 is 1.53. The van der Waals surface area contributed by atoms with Crippen molar-refractivity contribution in [1.82, 2.24) is 15.0 Å². The maximum atomic E-state index is 13.3. The molecule has 3 aromatic rings. The smallest absolute Gasteiger partial charge is 0.256 e. The number of hydrogen-bond donors (Lipinski definition) is 0. The molecule has 7 nitrogen and oxygen atoms in total. The molecule has 166 valence electrons. The molecule has 1 saturated heterocycles. The number of carbonyl (C=O) groups is 2. The number of hydrogen-bond acceptors (Lipinski definition) is 7. The number of benzene rings is 1. The van der Waals surface area contributed by atoms with Gasteiger partial charge in [0, 0.05) is 54.9 Å². The zero-order valence-corrected chi connectivity index (χ0v) is 19.3. The van der Waals surface area contributed by atoms with Gasteiger partial charge in [0.25, 0.3) is 5.91 Å². The lowest BCUT2D eigenvalue weighted by Crippen LogP contribution is -2.49. The second-order valence-electron chi connectivity index (χ2n) is 7.83. The van der Waals surface area contributed by atoms with Gasteiger partial charge in [-0.05, 0) is 57.2 Å². The molecule has 0 saturated carbocycles. The van der Waals surface area contributed by atoms with Gasteiger partial charge in [0.15, 0.2) is 5.78 Å². The van der Waals surface area contributed by atoms with Crippen molar-refractivity contribution in [3.63, 3.8) is 0 Å². The molecule has 1 aromatic carbocycles. The zero-order valence-electron chi connectivity index (χ0n) is 18.5.